The molecule has 0 aliphatic carbocycles. The monoisotopic (exact) mass is 289 g/mol. The molecular formula is C12H13F2NO5. The molecule has 1 rings (SSSR count). The van der Waals surface area contributed by atoms with E-state index in [-0.39, 0.29) is 17.1 Å². The molecule has 0 aliphatic heterocycles. The molecule has 1 aromatic rings. The van der Waals surface area contributed by atoms with E-state index < -0.39 is 24.5 Å². The molecule has 0 fully saturated rings. The van der Waals surface area contributed by atoms with Crippen LogP contribution in [0, 0.1) is 0 Å². The Bertz CT molecular complexity index is 519. The summed E-state index contributed by atoms with van der Waals surface area (Å²) in [5.41, 5.74) is -0.126. The Labute approximate surface area is 113 Å². The van der Waals surface area contributed by atoms with Gasteiger partial charge in [0.15, 0.2) is 11.5 Å². The molecule has 0 heterocycles. The molecule has 110 valence electrons. The molecule has 0 saturated carbocycles. The molecule has 8 heteroatoms. The molecule has 2 N–H and O–H groups in total. The molecule has 0 unspecified atom stereocenters. The Balaban J connectivity index is 2.91. The maximum Gasteiger partial charge on any atom is 0.415 e. The molecule has 6 nitrogen and oxygen atoms in total. The second-order valence-electron chi connectivity index (χ2n) is 3.82. The van der Waals surface area contributed by atoms with Gasteiger partial charge in [-0.15, -0.1) is 0 Å². The van der Waals surface area contributed by atoms with Crippen LogP contribution in [0.4, 0.5) is 8.78 Å². The predicted molar refractivity (Wildman–Crippen MR) is 64.2 cm³/mol. The predicted octanol–water partition coefficient (Wildman–Crippen LogP) is 1.50. The standard InChI is InChI=1S/C12H13F2NO5/c1-7(16)15-6-12(13,14)20-9-4-3-8(11(17)18)5-10(9)19-2/h3-5H,6H2,1-2H3,(H,15,16)(H,17,18). The first-order chi connectivity index (χ1) is 9.25. The van der Waals surface area contributed by atoms with E-state index in [0.29, 0.717) is 0 Å². The van der Waals surface area contributed by atoms with E-state index in [9.17, 15) is 18.4 Å². The van der Waals surface area contributed by atoms with Crippen molar-refractivity contribution in [3.8, 4) is 11.5 Å². The third kappa shape index (κ3) is 4.38. The number of ether oxygens (including phenoxy) is 2. The van der Waals surface area contributed by atoms with Crippen LogP contribution >= 0.6 is 0 Å². The molecule has 0 radical (unpaired) electrons. The summed E-state index contributed by atoms with van der Waals surface area (Å²) in [5, 5.41) is 10.7. The minimum atomic E-state index is -3.65. The molecule has 0 atom stereocenters. The Morgan fingerprint density at radius 3 is 2.50 bits per heavy atom. The highest BCUT2D eigenvalue weighted by Crippen LogP contribution is 2.32. The van der Waals surface area contributed by atoms with E-state index >= 15 is 0 Å². The molecule has 0 aliphatic rings. The molecule has 0 bridgehead atoms. The quantitative estimate of drug-likeness (QED) is 0.829. The van der Waals surface area contributed by atoms with E-state index in [2.05, 4.69) is 4.74 Å². The highest BCUT2D eigenvalue weighted by Gasteiger charge is 2.33. The normalized spacial score (nSPS) is 10.8. The second kappa shape index (κ2) is 6.18. The number of carboxylic acid groups (broad SMARTS) is 1. The van der Waals surface area contributed by atoms with Crippen LogP contribution in [0.25, 0.3) is 0 Å². The van der Waals surface area contributed by atoms with Gasteiger partial charge in [-0.3, -0.25) is 4.79 Å². The van der Waals surface area contributed by atoms with Crippen LogP contribution in [-0.4, -0.2) is 36.7 Å². The number of carbonyl (C=O) groups excluding carboxylic acids is 1. The zero-order valence-corrected chi connectivity index (χ0v) is 10.8. The summed E-state index contributed by atoms with van der Waals surface area (Å²) in [7, 11) is 1.19. The van der Waals surface area contributed by atoms with Gasteiger partial charge in [0, 0.05) is 6.92 Å². The van der Waals surface area contributed by atoms with Gasteiger partial charge in [-0.25, -0.2) is 4.79 Å². The Morgan fingerprint density at radius 1 is 1.35 bits per heavy atom. The number of hydrogen-bond donors (Lipinski definition) is 2. The lowest BCUT2D eigenvalue weighted by Gasteiger charge is -2.19. The fraction of sp³-hybridized carbons (Fsp3) is 0.333. The van der Waals surface area contributed by atoms with Gasteiger partial charge in [-0.1, -0.05) is 0 Å². The molecular weight excluding hydrogens is 276 g/mol. The average molecular weight is 289 g/mol. The third-order valence-corrected chi connectivity index (χ3v) is 2.21. The fourth-order valence-corrected chi connectivity index (χ4v) is 1.31. The summed E-state index contributed by atoms with van der Waals surface area (Å²) >= 11 is 0. The van der Waals surface area contributed by atoms with E-state index in [4.69, 9.17) is 9.84 Å². The minimum absolute atomic E-state index is 0.126. The number of carbonyl (C=O) groups is 2. The zero-order valence-electron chi connectivity index (χ0n) is 10.8. The number of nitrogens with one attached hydrogen (secondary N) is 1. The van der Waals surface area contributed by atoms with Gasteiger partial charge < -0.3 is 19.9 Å². The summed E-state index contributed by atoms with van der Waals surface area (Å²) < 4.78 is 36.1. The minimum Gasteiger partial charge on any atom is -0.493 e. The number of benzene rings is 1. The Kier molecular flexibility index (Phi) is 4.84. The van der Waals surface area contributed by atoms with Gasteiger partial charge in [0.2, 0.25) is 5.91 Å². The van der Waals surface area contributed by atoms with Crippen LogP contribution in [-0.2, 0) is 4.79 Å². The van der Waals surface area contributed by atoms with Crippen molar-refractivity contribution in [2.24, 2.45) is 0 Å². The number of alkyl halides is 2. The van der Waals surface area contributed by atoms with Gasteiger partial charge in [0.25, 0.3) is 0 Å². The maximum atomic E-state index is 13.4. The second-order valence-corrected chi connectivity index (χ2v) is 3.82. The first-order valence-corrected chi connectivity index (χ1v) is 5.48. The summed E-state index contributed by atoms with van der Waals surface area (Å²) in [6, 6.07) is 3.23. The lowest BCUT2D eigenvalue weighted by Crippen LogP contribution is -2.39. The van der Waals surface area contributed by atoms with Crippen molar-refractivity contribution in [2.75, 3.05) is 13.7 Å². The van der Waals surface area contributed by atoms with Crippen molar-refractivity contribution in [1.82, 2.24) is 5.32 Å². The summed E-state index contributed by atoms with van der Waals surface area (Å²) in [6.45, 7) is 0.0878. The number of rotatable bonds is 6. The Morgan fingerprint density at radius 2 is 2.00 bits per heavy atom. The van der Waals surface area contributed by atoms with E-state index in [1.807, 2.05) is 5.32 Å². The van der Waals surface area contributed by atoms with Gasteiger partial charge >= 0.3 is 12.1 Å². The smallest absolute Gasteiger partial charge is 0.415 e. The average Bonchev–Trinajstić information content (AvgIpc) is 2.36. The number of carboxylic acids is 1. The molecule has 20 heavy (non-hydrogen) atoms. The molecule has 1 amide bonds. The van der Waals surface area contributed by atoms with Crippen LogP contribution in [0.1, 0.15) is 17.3 Å². The molecule has 0 saturated heterocycles. The van der Waals surface area contributed by atoms with Gasteiger partial charge in [-0.05, 0) is 18.2 Å². The maximum absolute atomic E-state index is 13.4. The molecule has 0 aromatic heterocycles. The first kappa shape index (κ1) is 15.7. The van der Waals surface area contributed by atoms with Crippen molar-refractivity contribution in [1.29, 1.82) is 0 Å². The Hall–Kier alpha value is -2.38. The highest BCUT2D eigenvalue weighted by atomic mass is 19.3. The number of halogens is 2. The van der Waals surface area contributed by atoms with Crippen LogP contribution in [0.2, 0.25) is 0 Å². The molecule has 0 spiro atoms. The summed E-state index contributed by atoms with van der Waals surface area (Å²) in [5.74, 6) is -2.32. The number of aromatic carboxylic acids is 1. The highest BCUT2D eigenvalue weighted by molar-refractivity contribution is 5.88. The first-order valence-electron chi connectivity index (χ1n) is 5.48. The number of hydrogen-bond acceptors (Lipinski definition) is 4. The number of methoxy groups -OCH3 is 1. The SMILES string of the molecule is COc1cc(C(=O)O)ccc1OC(F)(F)CNC(C)=O. The van der Waals surface area contributed by atoms with Crippen LogP contribution in [0.5, 0.6) is 11.5 Å². The van der Waals surface area contributed by atoms with Crippen molar-refractivity contribution in [2.45, 2.75) is 13.0 Å². The lowest BCUT2D eigenvalue weighted by atomic mass is 10.2. The van der Waals surface area contributed by atoms with Crippen molar-refractivity contribution < 1.29 is 33.0 Å². The van der Waals surface area contributed by atoms with E-state index in [1.165, 1.54) is 7.11 Å². The third-order valence-electron chi connectivity index (χ3n) is 2.21. The number of amides is 1. The van der Waals surface area contributed by atoms with Crippen molar-refractivity contribution in [3.05, 3.63) is 23.8 Å². The van der Waals surface area contributed by atoms with Gasteiger partial charge in [0.1, 0.15) is 6.54 Å². The van der Waals surface area contributed by atoms with Crippen LogP contribution in [0.3, 0.4) is 0 Å². The van der Waals surface area contributed by atoms with Crippen molar-refractivity contribution >= 4 is 11.9 Å². The lowest BCUT2D eigenvalue weighted by molar-refractivity contribution is -0.174. The fourth-order valence-electron chi connectivity index (χ4n) is 1.31. The topological polar surface area (TPSA) is 84.9 Å². The summed E-state index contributed by atoms with van der Waals surface area (Å²) in [6.07, 6.45) is -3.65. The van der Waals surface area contributed by atoms with E-state index in [1.54, 1.807) is 0 Å². The largest absolute Gasteiger partial charge is 0.493 e. The molecule has 1 aromatic carbocycles. The van der Waals surface area contributed by atoms with E-state index in [0.717, 1.165) is 25.1 Å². The van der Waals surface area contributed by atoms with Crippen LogP contribution in [0.15, 0.2) is 18.2 Å². The van der Waals surface area contributed by atoms with Crippen LogP contribution < -0.4 is 14.8 Å². The van der Waals surface area contributed by atoms with Crippen molar-refractivity contribution in [3.63, 3.8) is 0 Å². The summed E-state index contributed by atoms with van der Waals surface area (Å²) in [4.78, 5) is 21.3. The zero-order chi connectivity index (χ0) is 15.3. The van der Waals surface area contributed by atoms with Gasteiger partial charge in [0.05, 0.1) is 12.7 Å². The van der Waals surface area contributed by atoms with Gasteiger partial charge in [-0.2, -0.15) is 8.78 Å².